The Balaban J connectivity index is 1.90. The molecule has 0 heterocycles. The van der Waals surface area contributed by atoms with Crippen molar-refractivity contribution in [2.45, 2.75) is 57.2 Å². The fourth-order valence-electron chi connectivity index (χ4n) is 1.40. The highest BCUT2D eigenvalue weighted by Crippen LogP contribution is 2.18. The minimum Gasteiger partial charge on any atom is -0.314 e. The van der Waals surface area contributed by atoms with Crippen molar-refractivity contribution in [2.75, 3.05) is 13.1 Å². The molecule has 1 fully saturated rings. The summed E-state index contributed by atoms with van der Waals surface area (Å²) in [5.74, 6) is 0. The molecular weight excluding hydrogens is 224 g/mol. The second-order valence-corrected chi connectivity index (χ2v) is 7.10. The van der Waals surface area contributed by atoms with Crippen molar-refractivity contribution in [3.63, 3.8) is 0 Å². The highest BCUT2D eigenvalue weighted by atomic mass is 32.2. The lowest BCUT2D eigenvalue weighted by Crippen LogP contribution is -2.31. The van der Waals surface area contributed by atoms with Crippen LogP contribution in [0.25, 0.3) is 0 Å². The third-order valence-electron chi connectivity index (χ3n) is 2.79. The molecule has 1 aliphatic rings. The maximum absolute atomic E-state index is 11.4. The zero-order valence-corrected chi connectivity index (χ0v) is 11.1. The number of rotatable bonds is 9. The summed E-state index contributed by atoms with van der Waals surface area (Å²) in [6.45, 7) is 5.04. The molecule has 4 nitrogen and oxygen atoms in total. The van der Waals surface area contributed by atoms with E-state index in [2.05, 4.69) is 10.0 Å². The van der Waals surface area contributed by atoms with Gasteiger partial charge >= 0.3 is 0 Å². The molecule has 2 N–H and O–H groups in total. The normalized spacial score (nSPS) is 16.9. The molecule has 0 aromatic heterocycles. The molecule has 1 rings (SSSR count). The Morgan fingerprint density at radius 2 is 1.75 bits per heavy atom. The van der Waals surface area contributed by atoms with Crippen LogP contribution < -0.4 is 10.0 Å². The second-order valence-electron chi connectivity index (χ2n) is 4.78. The van der Waals surface area contributed by atoms with Crippen LogP contribution in [0.4, 0.5) is 0 Å². The van der Waals surface area contributed by atoms with E-state index in [1.165, 1.54) is 12.8 Å². The zero-order chi connectivity index (χ0) is 12.0. The molecule has 96 valence electrons. The Hall–Kier alpha value is -0.130. The van der Waals surface area contributed by atoms with Gasteiger partial charge in [-0.15, -0.1) is 0 Å². The van der Waals surface area contributed by atoms with Crippen LogP contribution in [0, 0.1) is 0 Å². The third kappa shape index (κ3) is 5.82. The first-order chi connectivity index (χ1) is 7.52. The van der Waals surface area contributed by atoms with E-state index in [1.54, 1.807) is 13.8 Å². The van der Waals surface area contributed by atoms with Crippen LogP contribution in [0.15, 0.2) is 0 Å². The molecule has 1 aliphatic carbocycles. The highest BCUT2D eigenvalue weighted by molar-refractivity contribution is 7.90. The monoisotopic (exact) mass is 248 g/mol. The minimum absolute atomic E-state index is 0.330. The van der Waals surface area contributed by atoms with Crippen LogP contribution in [0.2, 0.25) is 0 Å². The van der Waals surface area contributed by atoms with Crippen LogP contribution in [0.1, 0.15) is 46.0 Å². The molecule has 0 aliphatic heterocycles. The minimum atomic E-state index is -3.06. The number of hydrogen-bond donors (Lipinski definition) is 2. The number of nitrogens with one attached hydrogen (secondary N) is 2. The fraction of sp³-hybridized carbons (Fsp3) is 1.00. The van der Waals surface area contributed by atoms with E-state index in [0.717, 1.165) is 31.8 Å². The van der Waals surface area contributed by atoms with Crippen LogP contribution in [0.3, 0.4) is 0 Å². The average Bonchev–Trinajstić information content (AvgIpc) is 2.99. The molecule has 5 heteroatoms. The SMILES string of the molecule is CC(C)S(=O)(=O)NCCCCCNC1CC1. The van der Waals surface area contributed by atoms with Crippen molar-refractivity contribution in [1.82, 2.24) is 10.0 Å². The number of unbranched alkanes of at least 4 members (excludes halogenated alkanes) is 2. The van der Waals surface area contributed by atoms with E-state index >= 15 is 0 Å². The Bertz CT molecular complexity index is 284. The lowest BCUT2D eigenvalue weighted by Gasteiger charge is -2.09. The van der Waals surface area contributed by atoms with Crippen LogP contribution in [0.5, 0.6) is 0 Å². The largest absolute Gasteiger partial charge is 0.314 e. The summed E-state index contributed by atoms with van der Waals surface area (Å²) in [5, 5.41) is 3.11. The standard InChI is InChI=1S/C11H24N2O2S/c1-10(2)16(14,15)13-9-5-3-4-8-12-11-6-7-11/h10-13H,3-9H2,1-2H3. The van der Waals surface area contributed by atoms with Crippen molar-refractivity contribution < 1.29 is 8.42 Å². The number of sulfonamides is 1. The first-order valence-electron chi connectivity index (χ1n) is 6.24. The van der Waals surface area contributed by atoms with Gasteiger partial charge in [0.05, 0.1) is 5.25 Å². The maximum Gasteiger partial charge on any atom is 0.213 e. The van der Waals surface area contributed by atoms with Crippen molar-refractivity contribution in [3.05, 3.63) is 0 Å². The van der Waals surface area contributed by atoms with Gasteiger partial charge in [0.1, 0.15) is 0 Å². The zero-order valence-electron chi connectivity index (χ0n) is 10.3. The van der Waals surface area contributed by atoms with Gasteiger partial charge in [-0.25, -0.2) is 13.1 Å². The van der Waals surface area contributed by atoms with E-state index in [0.29, 0.717) is 6.54 Å². The topological polar surface area (TPSA) is 58.2 Å². The Kier molecular flexibility index (Phi) is 5.72. The van der Waals surface area contributed by atoms with Crippen LogP contribution in [-0.4, -0.2) is 32.8 Å². The predicted octanol–water partition coefficient (Wildman–Crippen LogP) is 1.24. The van der Waals surface area contributed by atoms with Crippen molar-refractivity contribution in [1.29, 1.82) is 0 Å². The Labute approximate surface area is 99.2 Å². The molecule has 0 radical (unpaired) electrons. The lowest BCUT2D eigenvalue weighted by molar-refractivity contribution is 0.560. The first-order valence-corrected chi connectivity index (χ1v) is 7.79. The summed E-state index contributed by atoms with van der Waals surface area (Å²) < 4.78 is 25.4. The molecule has 0 aromatic rings. The van der Waals surface area contributed by atoms with Gasteiger partial charge in [-0.05, 0) is 46.1 Å². The maximum atomic E-state index is 11.4. The molecule has 0 bridgehead atoms. The molecule has 0 spiro atoms. The summed E-state index contributed by atoms with van der Waals surface area (Å²) in [7, 11) is -3.06. The molecule has 16 heavy (non-hydrogen) atoms. The van der Waals surface area contributed by atoms with E-state index in [4.69, 9.17) is 0 Å². The summed E-state index contributed by atoms with van der Waals surface area (Å²) >= 11 is 0. The molecule has 1 saturated carbocycles. The smallest absolute Gasteiger partial charge is 0.213 e. The van der Waals surface area contributed by atoms with Gasteiger partial charge in [-0.2, -0.15) is 0 Å². The second kappa shape index (κ2) is 6.57. The van der Waals surface area contributed by atoms with E-state index in [1.807, 2.05) is 0 Å². The van der Waals surface area contributed by atoms with Gasteiger partial charge in [0.15, 0.2) is 0 Å². The van der Waals surface area contributed by atoms with E-state index in [9.17, 15) is 8.42 Å². The first kappa shape index (κ1) is 13.9. The molecule has 0 atom stereocenters. The van der Waals surface area contributed by atoms with E-state index < -0.39 is 10.0 Å². The third-order valence-corrected chi connectivity index (χ3v) is 4.64. The highest BCUT2D eigenvalue weighted by Gasteiger charge is 2.19. The summed E-state index contributed by atoms with van der Waals surface area (Å²) in [5.41, 5.74) is 0. The molecule has 0 amide bonds. The van der Waals surface area contributed by atoms with Gasteiger partial charge in [-0.3, -0.25) is 0 Å². The Morgan fingerprint density at radius 1 is 1.12 bits per heavy atom. The van der Waals surface area contributed by atoms with Gasteiger partial charge < -0.3 is 5.32 Å². The van der Waals surface area contributed by atoms with Gasteiger partial charge in [0.25, 0.3) is 0 Å². The molecule has 0 aromatic carbocycles. The van der Waals surface area contributed by atoms with Crippen molar-refractivity contribution in [2.24, 2.45) is 0 Å². The Morgan fingerprint density at radius 3 is 2.31 bits per heavy atom. The molecular formula is C11H24N2O2S. The lowest BCUT2D eigenvalue weighted by atomic mass is 10.2. The average molecular weight is 248 g/mol. The molecule has 0 saturated heterocycles. The fourth-order valence-corrected chi connectivity index (χ4v) is 2.16. The van der Waals surface area contributed by atoms with Gasteiger partial charge in [0, 0.05) is 12.6 Å². The van der Waals surface area contributed by atoms with E-state index in [-0.39, 0.29) is 5.25 Å². The van der Waals surface area contributed by atoms with Crippen LogP contribution >= 0.6 is 0 Å². The van der Waals surface area contributed by atoms with Gasteiger partial charge in [-0.1, -0.05) is 6.42 Å². The quantitative estimate of drug-likeness (QED) is 0.604. The van der Waals surface area contributed by atoms with Crippen molar-refractivity contribution in [3.8, 4) is 0 Å². The number of hydrogen-bond acceptors (Lipinski definition) is 3. The predicted molar refractivity (Wildman–Crippen MR) is 66.9 cm³/mol. The van der Waals surface area contributed by atoms with Gasteiger partial charge in [0.2, 0.25) is 10.0 Å². The summed E-state index contributed by atoms with van der Waals surface area (Å²) in [4.78, 5) is 0. The van der Waals surface area contributed by atoms with Crippen LogP contribution in [-0.2, 0) is 10.0 Å². The summed E-state index contributed by atoms with van der Waals surface area (Å²) in [6, 6.07) is 0.777. The molecule has 0 unspecified atom stereocenters. The van der Waals surface area contributed by atoms with Crippen molar-refractivity contribution >= 4 is 10.0 Å². The summed E-state index contributed by atoms with van der Waals surface area (Å²) in [6.07, 6.45) is 5.81.